The third-order valence-electron chi connectivity index (χ3n) is 4.56. The predicted octanol–water partition coefficient (Wildman–Crippen LogP) is 2.99. The van der Waals surface area contributed by atoms with Gasteiger partial charge in [-0.2, -0.15) is 8.78 Å². The lowest BCUT2D eigenvalue weighted by atomic mass is 10.1. The zero-order valence-electron chi connectivity index (χ0n) is 15.9. The number of aryl methyl sites for hydroxylation is 1. The van der Waals surface area contributed by atoms with Crippen LogP contribution in [0.5, 0.6) is 5.75 Å². The maximum absolute atomic E-state index is 12.6. The second-order valence-corrected chi connectivity index (χ2v) is 6.61. The van der Waals surface area contributed by atoms with Crippen molar-refractivity contribution in [3.63, 3.8) is 0 Å². The fraction of sp³-hybridized carbons (Fsp3) is 0.632. The van der Waals surface area contributed by atoms with Crippen molar-refractivity contribution in [2.75, 3.05) is 32.7 Å². The zero-order valence-corrected chi connectivity index (χ0v) is 15.9. The first-order chi connectivity index (χ1) is 12.5. The largest absolute Gasteiger partial charge is 0.434 e. The summed E-state index contributed by atoms with van der Waals surface area (Å²) in [5, 5.41) is 6.59. The van der Waals surface area contributed by atoms with E-state index in [0.717, 1.165) is 38.3 Å². The third-order valence-corrected chi connectivity index (χ3v) is 4.56. The molecule has 1 heterocycles. The van der Waals surface area contributed by atoms with Gasteiger partial charge in [0, 0.05) is 25.2 Å². The fourth-order valence-corrected chi connectivity index (χ4v) is 3.16. The summed E-state index contributed by atoms with van der Waals surface area (Å²) in [6.07, 6.45) is 1.19. The number of guanidine groups is 1. The molecule has 1 aliphatic rings. The van der Waals surface area contributed by atoms with Crippen molar-refractivity contribution in [2.45, 2.75) is 40.3 Å². The van der Waals surface area contributed by atoms with Crippen LogP contribution in [-0.4, -0.2) is 50.2 Å². The standard InChI is InChI=1S/C19H30F2N4O/c1-4-22-19(23-11-15-8-9-25(5-2)13-15)24-12-16-10-14(3)6-7-17(16)26-18(20)21/h6-7,10,15,18H,4-5,8-9,11-13H2,1-3H3,(H2,22,23,24). The number of aliphatic imine (C=N–C) groups is 1. The lowest BCUT2D eigenvalue weighted by Crippen LogP contribution is -2.40. The Morgan fingerprint density at radius 3 is 2.81 bits per heavy atom. The number of ether oxygens (including phenoxy) is 1. The average Bonchev–Trinajstić information content (AvgIpc) is 3.07. The van der Waals surface area contributed by atoms with Gasteiger partial charge in [0.1, 0.15) is 5.75 Å². The maximum Gasteiger partial charge on any atom is 0.387 e. The Bertz CT molecular complexity index is 595. The van der Waals surface area contributed by atoms with E-state index in [2.05, 4.69) is 32.2 Å². The summed E-state index contributed by atoms with van der Waals surface area (Å²) < 4.78 is 29.8. The molecule has 1 aromatic rings. The molecule has 7 heteroatoms. The molecule has 1 fully saturated rings. The number of alkyl halides is 2. The van der Waals surface area contributed by atoms with Crippen LogP contribution in [-0.2, 0) is 6.54 Å². The van der Waals surface area contributed by atoms with E-state index in [4.69, 9.17) is 0 Å². The van der Waals surface area contributed by atoms with E-state index in [9.17, 15) is 8.78 Å². The van der Waals surface area contributed by atoms with Gasteiger partial charge in [-0.05, 0) is 45.3 Å². The van der Waals surface area contributed by atoms with Gasteiger partial charge >= 0.3 is 6.61 Å². The van der Waals surface area contributed by atoms with Crippen LogP contribution in [0.15, 0.2) is 23.2 Å². The predicted molar refractivity (Wildman–Crippen MR) is 101 cm³/mol. The molecule has 0 amide bonds. The van der Waals surface area contributed by atoms with Gasteiger partial charge in [0.15, 0.2) is 5.96 Å². The molecular formula is C19H30F2N4O. The minimum Gasteiger partial charge on any atom is -0.434 e. The molecule has 0 aliphatic carbocycles. The summed E-state index contributed by atoms with van der Waals surface area (Å²) in [6, 6.07) is 5.17. The van der Waals surface area contributed by atoms with Crippen molar-refractivity contribution >= 4 is 5.96 Å². The average molecular weight is 368 g/mol. The second kappa shape index (κ2) is 10.3. The number of nitrogens with one attached hydrogen (secondary N) is 2. The number of hydrogen-bond acceptors (Lipinski definition) is 3. The summed E-state index contributed by atoms with van der Waals surface area (Å²) >= 11 is 0. The highest BCUT2D eigenvalue weighted by Crippen LogP contribution is 2.23. The highest BCUT2D eigenvalue weighted by Gasteiger charge is 2.21. The fourth-order valence-electron chi connectivity index (χ4n) is 3.16. The van der Waals surface area contributed by atoms with Gasteiger partial charge in [0.25, 0.3) is 0 Å². The van der Waals surface area contributed by atoms with Gasteiger partial charge in [-0.25, -0.2) is 4.99 Å². The Labute approximate surface area is 154 Å². The molecule has 0 bridgehead atoms. The van der Waals surface area contributed by atoms with E-state index >= 15 is 0 Å². The van der Waals surface area contributed by atoms with Crippen molar-refractivity contribution in [1.29, 1.82) is 0 Å². The van der Waals surface area contributed by atoms with Crippen LogP contribution in [0.3, 0.4) is 0 Å². The minimum absolute atomic E-state index is 0.180. The van der Waals surface area contributed by atoms with Crippen LogP contribution in [0.2, 0.25) is 0 Å². The first kappa shape index (κ1) is 20.4. The molecule has 0 aromatic heterocycles. The first-order valence-corrected chi connectivity index (χ1v) is 9.30. The summed E-state index contributed by atoms with van der Waals surface area (Å²) in [5.74, 6) is 1.49. The maximum atomic E-state index is 12.6. The molecule has 1 saturated heterocycles. The minimum atomic E-state index is -2.84. The van der Waals surface area contributed by atoms with Gasteiger partial charge in [-0.15, -0.1) is 0 Å². The molecule has 0 spiro atoms. The Morgan fingerprint density at radius 2 is 2.15 bits per heavy atom. The van der Waals surface area contributed by atoms with Crippen molar-refractivity contribution in [3.8, 4) is 5.75 Å². The summed E-state index contributed by atoms with van der Waals surface area (Å²) in [5.41, 5.74) is 1.64. The van der Waals surface area contributed by atoms with Crippen LogP contribution in [0.25, 0.3) is 0 Å². The van der Waals surface area contributed by atoms with Gasteiger partial charge in [0.05, 0.1) is 6.54 Å². The summed E-state index contributed by atoms with van der Waals surface area (Å²) in [6.45, 7) is 8.49. The molecule has 26 heavy (non-hydrogen) atoms. The molecule has 1 aromatic carbocycles. The molecule has 2 N–H and O–H groups in total. The first-order valence-electron chi connectivity index (χ1n) is 9.30. The van der Waals surface area contributed by atoms with E-state index in [1.165, 1.54) is 6.42 Å². The number of benzene rings is 1. The topological polar surface area (TPSA) is 48.9 Å². The molecule has 0 radical (unpaired) electrons. The monoisotopic (exact) mass is 368 g/mol. The van der Waals surface area contributed by atoms with Gasteiger partial charge in [-0.3, -0.25) is 0 Å². The Balaban J connectivity index is 1.99. The molecule has 1 atom stereocenters. The quantitative estimate of drug-likeness (QED) is 0.547. The molecule has 5 nitrogen and oxygen atoms in total. The summed E-state index contributed by atoms with van der Waals surface area (Å²) in [4.78, 5) is 6.99. The lowest BCUT2D eigenvalue weighted by molar-refractivity contribution is -0.0504. The summed E-state index contributed by atoms with van der Waals surface area (Å²) in [7, 11) is 0. The Kier molecular flexibility index (Phi) is 8.09. The van der Waals surface area contributed by atoms with Crippen molar-refractivity contribution in [3.05, 3.63) is 29.3 Å². The Morgan fingerprint density at radius 1 is 1.35 bits per heavy atom. The van der Waals surface area contributed by atoms with Crippen LogP contribution in [0.1, 0.15) is 31.4 Å². The van der Waals surface area contributed by atoms with E-state index in [1.807, 2.05) is 19.9 Å². The van der Waals surface area contributed by atoms with Crippen molar-refractivity contribution in [2.24, 2.45) is 10.9 Å². The van der Waals surface area contributed by atoms with Crippen LogP contribution in [0, 0.1) is 12.8 Å². The van der Waals surface area contributed by atoms with Gasteiger partial charge in [-0.1, -0.05) is 24.6 Å². The molecule has 146 valence electrons. The number of nitrogens with zero attached hydrogens (tertiary/aromatic N) is 2. The Hall–Kier alpha value is -1.89. The number of halogens is 2. The highest BCUT2D eigenvalue weighted by molar-refractivity contribution is 5.79. The van der Waals surface area contributed by atoms with E-state index in [0.29, 0.717) is 17.4 Å². The molecule has 0 saturated carbocycles. The second-order valence-electron chi connectivity index (χ2n) is 6.61. The smallest absolute Gasteiger partial charge is 0.387 e. The van der Waals surface area contributed by atoms with Crippen LogP contribution in [0.4, 0.5) is 8.78 Å². The number of likely N-dealkylation sites (tertiary alicyclic amines) is 1. The zero-order chi connectivity index (χ0) is 18.9. The van der Waals surface area contributed by atoms with Gasteiger partial charge < -0.3 is 20.3 Å². The van der Waals surface area contributed by atoms with E-state index < -0.39 is 6.61 Å². The van der Waals surface area contributed by atoms with Crippen molar-refractivity contribution in [1.82, 2.24) is 15.5 Å². The van der Waals surface area contributed by atoms with Gasteiger partial charge in [0.2, 0.25) is 0 Å². The number of hydrogen-bond donors (Lipinski definition) is 2. The van der Waals surface area contributed by atoms with Crippen LogP contribution >= 0.6 is 0 Å². The molecular weight excluding hydrogens is 338 g/mol. The lowest BCUT2D eigenvalue weighted by Gasteiger charge is -2.16. The van der Waals surface area contributed by atoms with E-state index in [1.54, 1.807) is 12.1 Å². The number of rotatable bonds is 8. The van der Waals surface area contributed by atoms with Crippen LogP contribution < -0.4 is 15.4 Å². The SMILES string of the molecule is CCNC(=NCc1cc(C)ccc1OC(F)F)NCC1CCN(CC)C1. The van der Waals surface area contributed by atoms with E-state index in [-0.39, 0.29) is 12.3 Å². The third kappa shape index (κ3) is 6.44. The van der Waals surface area contributed by atoms with Crippen molar-refractivity contribution < 1.29 is 13.5 Å². The molecule has 1 aliphatic heterocycles. The molecule has 1 unspecified atom stereocenters. The molecule has 2 rings (SSSR count). The normalized spacial score (nSPS) is 18.4. The highest BCUT2D eigenvalue weighted by atomic mass is 19.3.